The van der Waals surface area contributed by atoms with Gasteiger partial charge in [0.05, 0.1) is 18.4 Å². The SMILES string of the molecule is O=C(N[C@H](CF)[C@H](O)c1ccc(-c2ccnnc2)cc1)C(F)F. The summed E-state index contributed by atoms with van der Waals surface area (Å²) >= 11 is 0. The van der Waals surface area contributed by atoms with Gasteiger partial charge in [0, 0.05) is 5.56 Å². The Balaban J connectivity index is 2.12. The van der Waals surface area contributed by atoms with Gasteiger partial charge in [-0.2, -0.15) is 19.0 Å². The standard InChI is InChI=1S/C15H14F3N3O2/c16-7-12(21-15(23)14(17)18)13(22)10-3-1-9(2-4-10)11-5-6-19-20-8-11/h1-6,8,12-14,22H,7H2,(H,21,23)/t12-,13-/m1/s1. The van der Waals surface area contributed by atoms with Gasteiger partial charge in [-0.25, -0.2) is 4.39 Å². The molecule has 0 aliphatic heterocycles. The van der Waals surface area contributed by atoms with E-state index in [-0.39, 0.29) is 0 Å². The molecule has 1 aromatic carbocycles. The van der Waals surface area contributed by atoms with Crippen molar-refractivity contribution in [1.29, 1.82) is 0 Å². The quantitative estimate of drug-likeness (QED) is 0.850. The molecule has 2 N–H and O–H groups in total. The molecule has 0 bridgehead atoms. The number of alkyl halides is 3. The van der Waals surface area contributed by atoms with Crippen molar-refractivity contribution in [2.75, 3.05) is 6.67 Å². The number of carbonyl (C=O) groups is 1. The summed E-state index contributed by atoms with van der Waals surface area (Å²) in [4.78, 5) is 10.9. The van der Waals surface area contributed by atoms with Crippen molar-refractivity contribution in [3.05, 3.63) is 48.3 Å². The fourth-order valence-corrected chi connectivity index (χ4v) is 2.01. The third kappa shape index (κ3) is 4.26. The van der Waals surface area contributed by atoms with E-state index >= 15 is 0 Å². The van der Waals surface area contributed by atoms with Crippen LogP contribution in [-0.4, -0.2) is 40.4 Å². The fraction of sp³-hybridized carbons (Fsp3) is 0.267. The van der Waals surface area contributed by atoms with Crippen molar-refractivity contribution in [1.82, 2.24) is 15.5 Å². The first kappa shape index (κ1) is 16.9. The summed E-state index contributed by atoms with van der Waals surface area (Å²) in [5, 5.41) is 19.2. The van der Waals surface area contributed by atoms with Crippen molar-refractivity contribution in [3.63, 3.8) is 0 Å². The molecule has 0 saturated heterocycles. The Morgan fingerprint density at radius 2 is 1.83 bits per heavy atom. The van der Waals surface area contributed by atoms with Gasteiger partial charge in [-0.3, -0.25) is 4.79 Å². The molecule has 0 spiro atoms. The van der Waals surface area contributed by atoms with Crippen LogP contribution in [0.3, 0.4) is 0 Å². The second-order valence-electron chi connectivity index (χ2n) is 4.77. The molecule has 1 amide bonds. The lowest BCUT2D eigenvalue weighted by Gasteiger charge is -2.21. The van der Waals surface area contributed by atoms with E-state index in [1.54, 1.807) is 29.7 Å². The molecule has 0 fully saturated rings. The molecule has 0 aliphatic rings. The summed E-state index contributed by atoms with van der Waals surface area (Å²) in [6.45, 7) is -1.17. The summed E-state index contributed by atoms with van der Waals surface area (Å²) in [7, 11) is 0. The van der Waals surface area contributed by atoms with E-state index in [0.29, 0.717) is 5.56 Å². The Kier molecular flexibility index (Phi) is 5.64. The number of hydrogen-bond donors (Lipinski definition) is 2. The van der Waals surface area contributed by atoms with Gasteiger partial charge in [-0.1, -0.05) is 24.3 Å². The van der Waals surface area contributed by atoms with E-state index in [0.717, 1.165) is 11.1 Å². The summed E-state index contributed by atoms with van der Waals surface area (Å²) in [6, 6.07) is 6.69. The van der Waals surface area contributed by atoms with Crippen LogP contribution >= 0.6 is 0 Å². The van der Waals surface area contributed by atoms with Crippen LogP contribution < -0.4 is 5.32 Å². The molecule has 2 aromatic rings. The molecule has 122 valence electrons. The highest BCUT2D eigenvalue weighted by molar-refractivity contribution is 5.79. The Morgan fingerprint density at radius 1 is 1.13 bits per heavy atom. The lowest BCUT2D eigenvalue weighted by Crippen LogP contribution is -2.43. The number of rotatable bonds is 6. The number of nitrogens with zero attached hydrogens (tertiary/aromatic N) is 2. The van der Waals surface area contributed by atoms with Gasteiger partial charge < -0.3 is 10.4 Å². The Labute approximate surface area is 130 Å². The lowest BCUT2D eigenvalue weighted by molar-refractivity contribution is -0.133. The zero-order valence-electron chi connectivity index (χ0n) is 11.9. The second-order valence-corrected chi connectivity index (χ2v) is 4.77. The van der Waals surface area contributed by atoms with Crippen LogP contribution in [0.5, 0.6) is 0 Å². The van der Waals surface area contributed by atoms with E-state index in [4.69, 9.17) is 0 Å². The smallest absolute Gasteiger partial charge is 0.315 e. The first-order chi connectivity index (χ1) is 11.0. The molecule has 8 heteroatoms. The molecule has 2 atom stereocenters. The van der Waals surface area contributed by atoms with Crippen LogP contribution in [0, 0.1) is 0 Å². The summed E-state index contributed by atoms with van der Waals surface area (Å²) in [5.41, 5.74) is 1.89. The van der Waals surface area contributed by atoms with Gasteiger partial charge in [-0.05, 0) is 17.2 Å². The zero-order valence-corrected chi connectivity index (χ0v) is 11.9. The fourth-order valence-electron chi connectivity index (χ4n) is 2.01. The third-order valence-corrected chi connectivity index (χ3v) is 3.24. The number of aliphatic hydroxyl groups is 1. The van der Waals surface area contributed by atoms with E-state index in [1.807, 2.05) is 0 Å². The van der Waals surface area contributed by atoms with Gasteiger partial charge in [0.1, 0.15) is 12.8 Å². The first-order valence-corrected chi connectivity index (χ1v) is 6.72. The zero-order chi connectivity index (χ0) is 16.8. The Bertz CT molecular complexity index is 638. The van der Waals surface area contributed by atoms with Crippen molar-refractivity contribution in [2.24, 2.45) is 0 Å². The van der Waals surface area contributed by atoms with Crippen LogP contribution in [0.2, 0.25) is 0 Å². The number of nitrogens with one attached hydrogen (secondary N) is 1. The van der Waals surface area contributed by atoms with E-state index in [2.05, 4.69) is 10.2 Å². The molecular weight excluding hydrogens is 311 g/mol. The van der Waals surface area contributed by atoms with Gasteiger partial charge in [0.25, 0.3) is 5.91 Å². The van der Waals surface area contributed by atoms with Crippen LogP contribution in [0.1, 0.15) is 11.7 Å². The molecule has 23 heavy (non-hydrogen) atoms. The predicted octanol–water partition coefficient (Wildman–Crippen LogP) is 1.90. The number of halogens is 3. The minimum absolute atomic E-state index is 0.299. The average molecular weight is 325 g/mol. The monoisotopic (exact) mass is 325 g/mol. The maximum atomic E-state index is 12.9. The summed E-state index contributed by atoms with van der Waals surface area (Å²) < 4.78 is 37.3. The third-order valence-electron chi connectivity index (χ3n) is 3.24. The maximum Gasteiger partial charge on any atom is 0.315 e. The molecule has 0 aliphatic carbocycles. The number of hydrogen-bond acceptors (Lipinski definition) is 4. The van der Waals surface area contributed by atoms with Crippen molar-refractivity contribution < 1.29 is 23.1 Å². The van der Waals surface area contributed by atoms with Crippen LogP contribution in [0.25, 0.3) is 11.1 Å². The Morgan fingerprint density at radius 3 is 2.35 bits per heavy atom. The van der Waals surface area contributed by atoms with Gasteiger partial charge in [0.2, 0.25) is 0 Å². The van der Waals surface area contributed by atoms with Crippen LogP contribution in [0.4, 0.5) is 13.2 Å². The number of amides is 1. The highest BCUT2D eigenvalue weighted by Gasteiger charge is 2.26. The van der Waals surface area contributed by atoms with Gasteiger partial charge in [-0.15, -0.1) is 0 Å². The molecule has 5 nitrogen and oxygen atoms in total. The van der Waals surface area contributed by atoms with Gasteiger partial charge >= 0.3 is 6.43 Å². The minimum Gasteiger partial charge on any atom is -0.386 e. The van der Waals surface area contributed by atoms with E-state index in [9.17, 15) is 23.1 Å². The molecule has 1 aromatic heterocycles. The molecule has 0 saturated carbocycles. The molecular formula is C15H14F3N3O2. The number of benzene rings is 1. The molecule has 2 rings (SSSR count). The van der Waals surface area contributed by atoms with Crippen LogP contribution in [0.15, 0.2) is 42.7 Å². The molecule has 1 heterocycles. The number of carbonyl (C=O) groups excluding carboxylic acids is 1. The molecule has 0 unspecified atom stereocenters. The summed E-state index contributed by atoms with van der Waals surface area (Å²) in [5.74, 6) is -1.62. The van der Waals surface area contributed by atoms with E-state index in [1.165, 1.54) is 18.3 Å². The van der Waals surface area contributed by atoms with Crippen molar-refractivity contribution in [2.45, 2.75) is 18.6 Å². The normalized spacial score (nSPS) is 13.6. The summed E-state index contributed by atoms with van der Waals surface area (Å²) in [6.07, 6.45) is -1.62. The second kappa shape index (κ2) is 7.68. The highest BCUT2D eigenvalue weighted by Crippen LogP contribution is 2.23. The number of aliphatic hydroxyl groups excluding tert-OH is 1. The Hall–Kier alpha value is -2.48. The first-order valence-electron chi connectivity index (χ1n) is 6.72. The highest BCUT2D eigenvalue weighted by atomic mass is 19.3. The number of aromatic nitrogens is 2. The average Bonchev–Trinajstić information content (AvgIpc) is 2.59. The largest absolute Gasteiger partial charge is 0.386 e. The minimum atomic E-state index is -3.27. The van der Waals surface area contributed by atoms with Crippen molar-refractivity contribution >= 4 is 5.91 Å². The maximum absolute atomic E-state index is 12.9. The lowest BCUT2D eigenvalue weighted by atomic mass is 9.99. The van der Waals surface area contributed by atoms with Gasteiger partial charge in [0.15, 0.2) is 0 Å². The van der Waals surface area contributed by atoms with E-state index < -0.39 is 31.2 Å². The van der Waals surface area contributed by atoms with Crippen molar-refractivity contribution in [3.8, 4) is 11.1 Å². The van der Waals surface area contributed by atoms with Crippen LogP contribution in [-0.2, 0) is 4.79 Å². The molecule has 0 radical (unpaired) electrons. The predicted molar refractivity (Wildman–Crippen MR) is 76.3 cm³/mol. The topological polar surface area (TPSA) is 75.1 Å².